The molecule has 1 rings (SSSR count). The van der Waals surface area contributed by atoms with Crippen molar-refractivity contribution in [3.63, 3.8) is 0 Å². The van der Waals surface area contributed by atoms with Crippen LogP contribution >= 0.6 is 12.2 Å². The second-order valence-corrected chi connectivity index (χ2v) is 4.43. The summed E-state index contributed by atoms with van der Waals surface area (Å²) in [5.41, 5.74) is 4.58. The lowest BCUT2D eigenvalue weighted by Gasteiger charge is -2.29. The molecule has 0 bridgehead atoms. The number of hydrogen-bond acceptors (Lipinski definition) is 2. The van der Waals surface area contributed by atoms with Gasteiger partial charge in [0.25, 0.3) is 0 Å². The van der Waals surface area contributed by atoms with Gasteiger partial charge in [0.05, 0.1) is 10.5 Å². The summed E-state index contributed by atoms with van der Waals surface area (Å²) in [5.74, 6) is -1.07. The highest BCUT2D eigenvalue weighted by Gasteiger charge is 2.40. The van der Waals surface area contributed by atoms with E-state index in [0.29, 0.717) is 12.8 Å². The van der Waals surface area contributed by atoms with E-state index < -0.39 is 24.0 Å². The number of nitrogens with two attached hydrogens (primary N) is 1. The highest BCUT2D eigenvalue weighted by Crippen LogP contribution is 2.30. The minimum absolute atomic E-state index is 0.0699. The van der Waals surface area contributed by atoms with Crippen molar-refractivity contribution in [3.05, 3.63) is 0 Å². The fraction of sp³-hybridized carbons (Fsp3) is 0.778. The molecule has 16 heavy (non-hydrogen) atoms. The second kappa shape index (κ2) is 4.57. The maximum Gasteiger partial charge on any atom is 0.397 e. The highest BCUT2D eigenvalue weighted by atomic mass is 32.1. The van der Waals surface area contributed by atoms with Crippen LogP contribution in [0.1, 0.15) is 32.1 Å². The first-order valence-electron chi connectivity index (χ1n) is 4.93. The van der Waals surface area contributed by atoms with Crippen molar-refractivity contribution >= 4 is 23.1 Å². The molecular formula is C9H13F3N2OS. The van der Waals surface area contributed by atoms with Crippen molar-refractivity contribution in [2.75, 3.05) is 0 Å². The number of rotatable bonds is 3. The molecule has 0 aromatic rings. The molecule has 0 aromatic heterocycles. The van der Waals surface area contributed by atoms with Crippen LogP contribution < -0.4 is 11.1 Å². The number of carbonyl (C=O) groups excluding carboxylic acids is 1. The lowest BCUT2D eigenvalue weighted by molar-refractivity contribution is -0.154. The monoisotopic (exact) mass is 254 g/mol. The Bertz CT molecular complexity index is 298. The van der Waals surface area contributed by atoms with Gasteiger partial charge in [0.2, 0.25) is 5.91 Å². The Balaban J connectivity index is 2.63. The van der Waals surface area contributed by atoms with Gasteiger partial charge in [-0.1, -0.05) is 25.1 Å². The van der Waals surface area contributed by atoms with Gasteiger partial charge in [-0.15, -0.1) is 0 Å². The zero-order chi connectivity index (χ0) is 12.4. The van der Waals surface area contributed by atoms with E-state index in [4.69, 9.17) is 18.0 Å². The molecule has 0 aromatic carbocycles. The molecule has 1 aliphatic rings. The van der Waals surface area contributed by atoms with Crippen LogP contribution in [0.15, 0.2) is 0 Å². The highest BCUT2D eigenvalue weighted by molar-refractivity contribution is 7.80. The van der Waals surface area contributed by atoms with Gasteiger partial charge in [0.1, 0.15) is 6.42 Å². The number of alkyl halides is 3. The quantitative estimate of drug-likeness (QED) is 0.753. The third-order valence-electron chi connectivity index (χ3n) is 2.67. The lowest BCUT2D eigenvalue weighted by Crippen LogP contribution is -2.55. The predicted octanol–water partition coefficient (Wildman–Crippen LogP) is 1.65. The summed E-state index contributed by atoms with van der Waals surface area (Å²) in [6.45, 7) is 0. The summed E-state index contributed by atoms with van der Waals surface area (Å²) in [7, 11) is 0. The molecule has 0 heterocycles. The molecule has 0 saturated heterocycles. The van der Waals surface area contributed by atoms with Gasteiger partial charge in [-0.2, -0.15) is 13.2 Å². The van der Waals surface area contributed by atoms with E-state index in [0.717, 1.165) is 12.8 Å². The fourth-order valence-corrected chi connectivity index (χ4v) is 2.16. The first kappa shape index (κ1) is 13.2. The van der Waals surface area contributed by atoms with Crippen LogP contribution in [0.5, 0.6) is 0 Å². The maximum atomic E-state index is 12.0. The van der Waals surface area contributed by atoms with Crippen molar-refractivity contribution in [1.29, 1.82) is 0 Å². The Kier molecular flexibility index (Phi) is 3.77. The average Bonchev–Trinajstić information content (AvgIpc) is 2.49. The zero-order valence-corrected chi connectivity index (χ0v) is 9.38. The first-order chi connectivity index (χ1) is 7.25. The minimum Gasteiger partial charge on any atom is -0.391 e. The van der Waals surface area contributed by atoms with Crippen LogP contribution in [-0.4, -0.2) is 22.6 Å². The molecule has 3 nitrogen and oxygen atoms in total. The van der Waals surface area contributed by atoms with Gasteiger partial charge in [-0.25, -0.2) is 0 Å². The Labute approximate surface area is 96.6 Å². The summed E-state index contributed by atoms with van der Waals surface area (Å²) in [4.78, 5) is 11.2. The number of hydrogen-bond donors (Lipinski definition) is 2. The molecule has 0 aliphatic heterocycles. The van der Waals surface area contributed by atoms with E-state index in [9.17, 15) is 18.0 Å². The third kappa shape index (κ3) is 3.33. The van der Waals surface area contributed by atoms with Crippen LogP contribution in [0, 0.1) is 0 Å². The molecule has 0 radical (unpaired) electrons. The minimum atomic E-state index is -4.50. The van der Waals surface area contributed by atoms with Crippen molar-refractivity contribution in [2.45, 2.75) is 43.8 Å². The van der Waals surface area contributed by atoms with Gasteiger partial charge < -0.3 is 11.1 Å². The van der Waals surface area contributed by atoms with Crippen LogP contribution in [-0.2, 0) is 4.79 Å². The molecule has 3 N–H and O–H groups in total. The average molecular weight is 254 g/mol. The zero-order valence-electron chi connectivity index (χ0n) is 8.56. The number of thiocarbonyl (C=S) groups is 1. The SMILES string of the molecule is NC(=S)C1(NC(=O)CC(F)(F)F)CCCC1. The molecule has 1 saturated carbocycles. The van der Waals surface area contributed by atoms with Gasteiger partial charge in [-0.3, -0.25) is 4.79 Å². The van der Waals surface area contributed by atoms with Gasteiger partial charge >= 0.3 is 6.18 Å². The van der Waals surface area contributed by atoms with Crippen LogP contribution in [0.25, 0.3) is 0 Å². The number of carbonyl (C=O) groups is 1. The van der Waals surface area contributed by atoms with E-state index in [1.54, 1.807) is 0 Å². The smallest absolute Gasteiger partial charge is 0.391 e. The van der Waals surface area contributed by atoms with Gasteiger partial charge in [-0.05, 0) is 12.8 Å². The summed E-state index contributed by atoms with van der Waals surface area (Å²) >= 11 is 4.81. The molecule has 1 fully saturated rings. The normalized spacial score (nSPS) is 19.4. The standard InChI is InChI=1S/C9H13F3N2OS/c10-9(11,12)5-6(15)14-8(7(13)16)3-1-2-4-8/h1-5H2,(H2,13,16)(H,14,15). The summed E-state index contributed by atoms with van der Waals surface area (Å²) in [6, 6.07) is 0. The van der Waals surface area contributed by atoms with Crippen molar-refractivity contribution in [2.24, 2.45) is 5.73 Å². The van der Waals surface area contributed by atoms with E-state index in [-0.39, 0.29) is 4.99 Å². The maximum absolute atomic E-state index is 12.0. The molecule has 1 aliphatic carbocycles. The lowest BCUT2D eigenvalue weighted by atomic mass is 9.97. The van der Waals surface area contributed by atoms with Crippen LogP contribution in [0.3, 0.4) is 0 Å². The van der Waals surface area contributed by atoms with Crippen LogP contribution in [0.4, 0.5) is 13.2 Å². The van der Waals surface area contributed by atoms with Crippen molar-refractivity contribution in [3.8, 4) is 0 Å². The molecule has 0 atom stereocenters. The van der Waals surface area contributed by atoms with Crippen molar-refractivity contribution < 1.29 is 18.0 Å². The number of halogens is 3. The predicted molar refractivity (Wildman–Crippen MR) is 56.8 cm³/mol. The van der Waals surface area contributed by atoms with E-state index in [1.165, 1.54) is 0 Å². The Hall–Kier alpha value is -0.850. The topological polar surface area (TPSA) is 55.1 Å². The number of nitrogens with one attached hydrogen (secondary N) is 1. The molecule has 92 valence electrons. The van der Waals surface area contributed by atoms with Gasteiger partial charge in [0, 0.05) is 0 Å². The largest absolute Gasteiger partial charge is 0.397 e. The number of amides is 1. The Morgan fingerprint density at radius 2 is 1.88 bits per heavy atom. The third-order valence-corrected chi connectivity index (χ3v) is 3.06. The van der Waals surface area contributed by atoms with Crippen LogP contribution in [0.2, 0.25) is 0 Å². The van der Waals surface area contributed by atoms with Gasteiger partial charge in [0.15, 0.2) is 0 Å². The molecule has 0 spiro atoms. The van der Waals surface area contributed by atoms with E-state index in [2.05, 4.69) is 5.32 Å². The summed E-state index contributed by atoms with van der Waals surface area (Å²) in [5, 5.41) is 2.32. The second-order valence-electron chi connectivity index (χ2n) is 3.99. The molecule has 0 unspecified atom stereocenters. The van der Waals surface area contributed by atoms with E-state index in [1.807, 2.05) is 0 Å². The van der Waals surface area contributed by atoms with Crippen molar-refractivity contribution in [1.82, 2.24) is 5.32 Å². The fourth-order valence-electron chi connectivity index (χ4n) is 1.90. The summed E-state index contributed by atoms with van der Waals surface area (Å²) < 4.78 is 35.9. The summed E-state index contributed by atoms with van der Waals surface area (Å²) in [6.07, 6.45) is -3.33. The molecular weight excluding hydrogens is 241 g/mol. The first-order valence-corrected chi connectivity index (χ1v) is 5.34. The molecule has 1 amide bonds. The Morgan fingerprint density at radius 1 is 1.38 bits per heavy atom. The van der Waals surface area contributed by atoms with E-state index >= 15 is 0 Å². The molecule has 7 heteroatoms. The Morgan fingerprint density at radius 3 is 2.25 bits per heavy atom.